The first-order valence-electron chi connectivity index (χ1n) is 3.99. The summed E-state index contributed by atoms with van der Waals surface area (Å²) in [5.74, 6) is 6.88. The molecule has 56 valence electrons. The maximum atomic E-state index is 5.42. The summed E-state index contributed by atoms with van der Waals surface area (Å²) in [6.07, 6.45) is 2.27. The van der Waals surface area contributed by atoms with Crippen molar-refractivity contribution in [2.75, 3.05) is 6.61 Å². The Morgan fingerprint density at radius 3 is 3.20 bits per heavy atom. The average molecular weight is 154 g/mol. The summed E-state index contributed by atoms with van der Waals surface area (Å²) in [6.45, 7) is 3.00. The molecule has 0 radical (unpaired) electrons. The molecular weight excluding hydrogens is 140 g/mol. The van der Waals surface area contributed by atoms with Crippen LogP contribution in [0.4, 0.5) is 0 Å². The van der Waals surface area contributed by atoms with Crippen LogP contribution in [0.25, 0.3) is 0 Å². The molecule has 0 N–H and O–H groups in total. The lowest BCUT2D eigenvalue weighted by atomic mass is 10.1. The predicted molar refractivity (Wildman–Crippen MR) is 45.5 cm³/mol. The van der Waals surface area contributed by atoms with Crippen LogP contribution in [0.15, 0.2) is 0 Å². The van der Waals surface area contributed by atoms with E-state index in [1.165, 1.54) is 12.5 Å². The number of hydrogen-bond donors (Lipinski definition) is 0. The van der Waals surface area contributed by atoms with Crippen LogP contribution in [0.1, 0.15) is 19.8 Å². The van der Waals surface area contributed by atoms with Gasteiger partial charge in [-0.3, -0.25) is 0 Å². The van der Waals surface area contributed by atoms with Gasteiger partial charge in [-0.15, -0.1) is 5.92 Å². The SMILES string of the molecule is CCC#CC1CC[SiH2]OC1. The van der Waals surface area contributed by atoms with Gasteiger partial charge in [0.15, 0.2) is 9.76 Å². The van der Waals surface area contributed by atoms with E-state index in [-0.39, 0.29) is 9.76 Å². The van der Waals surface area contributed by atoms with Crippen molar-refractivity contribution in [2.45, 2.75) is 25.8 Å². The van der Waals surface area contributed by atoms with Crippen molar-refractivity contribution in [3.05, 3.63) is 0 Å². The van der Waals surface area contributed by atoms with Gasteiger partial charge in [0.2, 0.25) is 0 Å². The van der Waals surface area contributed by atoms with Crippen LogP contribution in [0, 0.1) is 17.8 Å². The first-order valence-corrected chi connectivity index (χ1v) is 5.57. The summed E-state index contributed by atoms with van der Waals surface area (Å²) in [4.78, 5) is 0. The second-order valence-corrected chi connectivity index (χ2v) is 4.11. The largest absolute Gasteiger partial charge is 0.423 e. The van der Waals surface area contributed by atoms with Crippen molar-refractivity contribution in [1.82, 2.24) is 0 Å². The minimum Gasteiger partial charge on any atom is -0.423 e. The Bertz CT molecular complexity index is 139. The molecule has 0 saturated carbocycles. The summed E-state index contributed by atoms with van der Waals surface area (Å²) < 4.78 is 5.42. The molecular formula is C8H14OSi. The molecule has 1 rings (SSSR count). The van der Waals surface area contributed by atoms with E-state index in [0.717, 1.165) is 13.0 Å². The quantitative estimate of drug-likeness (QED) is 0.373. The molecule has 1 aliphatic rings. The van der Waals surface area contributed by atoms with E-state index in [1.54, 1.807) is 0 Å². The first kappa shape index (κ1) is 7.84. The zero-order chi connectivity index (χ0) is 7.23. The fraction of sp³-hybridized carbons (Fsp3) is 0.750. The smallest absolute Gasteiger partial charge is 0.161 e. The lowest BCUT2D eigenvalue weighted by Crippen LogP contribution is -2.17. The normalized spacial score (nSPS) is 27.5. The molecule has 1 aliphatic heterocycles. The van der Waals surface area contributed by atoms with Crippen molar-refractivity contribution < 1.29 is 4.43 Å². The van der Waals surface area contributed by atoms with Crippen LogP contribution in [0.3, 0.4) is 0 Å². The van der Waals surface area contributed by atoms with E-state index >= 15 is 0 Å². The average Bonchev–Trinajstić information content (AvgIpc) is 2.03. The Morgan fingerprint density at radius 2 is 2.60 bits per heavy atom. The topological polar surface area (TPSA) is 9.23 Å². The summed E-state index contributed by atoms with van der Waals surface area (Å²) >= 11 is 0. The number of rotatable bonds is 0. The third-order valence-electron chi connectivity index (χ3n) is 1.64. The van der Waals surface area contributed by atoms with Crippen LogP contribution in [-0.4, -0.2) is 16.4 Å². The Kier molecular flexibility index (Phi) is 3.56. The molecule has 1 atom stereocenters. The molecule has 0 aromatic heterocycles. The van der Waals surface area contributed by atoms with Crippen molar-refractivity contribution in [1.29, 1.82) is 0 Å². The highest BCUT2D eigenvalue weighted by molar-refractivity contribution is 6.27. The van der Waals surface area contributed by atoms with E-state index in [1.807, 2.05) is 0 Å². The lowest BCUT2D eigenvalue weighted by molar-refractivity contribution is 0.266. The highest BCUT2D eigenvalue weighted by atomic mass is 28.2. The molecule has 0 bridgehead atoms. The van der Waals surface area contributed by atoms with Gasteiger partial charge >= 0.3 is 0 Å². The molecule has 1 nitrogen and oxygen atoms in total. The Balaban J connectivity index is 2.25. The van der Waals surface area contributed by atoms with Gasteiger partial charge in [0, 0.05) is 18.9 Å². The number of hydrogen-bond acceptors (Lipinski definition) is 1. The van der Waals surface area contributed by atoms with E-state index < -0.39 is 0 Å². The molecule has 2 heteroatoms. The summed E-state index contributed by atoms with van der Waals surface area (Å²) in [5, 5.41) is 0. The maximum Gasteiger partial charge on any atom is 0.161 e. The highest BCUT2D eigenvalue weighted by Crippen LogP contribution is 2.11. The minimum atomic E-state index is -0.114. The summed E-state index contributed by atoms with van der Waals surface area (Å²) in [6, 6.07) is 1.32. The van der Waals surface area contributed by atoms with Crippen LogP contribution in [0.5, 0.6) is 0 Å². The van der Waals surface area contributed by atoms with Crippen LogP contribution < -0.4 is 0 Å². The van der Waals surface area contributed by atoms with Gasteiger partial charge in [-0.25, -0.2) is 0 Å². The molecule has 0 aliphatic carbocycles. The van der Waals surface area contributed by atoms with Crippen LogP contribution >= 0.6 is 0 Å². The zero-order valence-corrected chi connectivity index (χ0v) is 7.94. The van der Waals surface area contributed by atoms with Crippen molar-refractivity contribution in [2.24, 2.45) is 5.92 Å². The van der Waals surface area contributed by atoms with Crippen LogP contribution in [0.2, 0.25) is 6.04 Å². The zero-order valence-electron chi connectivity index (χ0n) is 6.52. The molecule has 1 saturated heterocycles. The van der Waals surface area contributed by atoms with Gasteiger partial charge in [-0.05, 0) is 12.5 Å². The van der Waals surface area contributed by atoms with Gasteiger partial charge in [0.05, 0.1) is 0 Å². The molecule has 0 aromatic rings. The molecule has 1 unspecified atom stereocenters. The molecule has 0 aromatic carbocycles. The van der Waals surface area contributed by atoms with Crippen molar-refractivity contribution >= 4 is 9.76 Å². The standard InChI is InChI=1S/C8H14OSi/c1-2-3-4-8-5-6-10-9-7-8/h8H,2,5-7,10H2,1H3. The second-order valence-electron chi connectivity index (χ2n) is 2.59. The Labute approximate surface area is 65.1 Å². The Morgan fingerprint density at radius 1 is 1.70 bits per heavy atom. The predicted octanol–water partition coefficient (Wildman–Crippen LogP) is 0.938. The summed E-state index contributed by atoms with van der Waals surface area (Å²) in [5.41, 5.74) is 0. The summed E-state index contributed by atoms with van der Waals surface area (Å²) in [7, 11) is -0.114. The fourth-order valence-corrected chi connectivity index (χ4v) is 2.42. The maximum absolute atomic E-state index is 5.42. The third kappa shape index (κ3) is 2.55. The third-order valence-corrected chi connectivity index (χ3v) is 2.86. The van der Waals surface area contributed by atoms with E-state index in [2.05, 4.69) is 18.8 Å². The van der Waals surface area contributed by atoms with Crippen molar-refractivity contribution in [3.8, 4) is 11.8 Å². The molecule has 1 fully saturated rings. The molecule has 10 heavy (non-hydrogen) atoms. The van der Waals surface area contributed by atoms with Crippen LogP contribution in [-0.2, 0) is 4.43 Å². The van der Waals surface area contributed by atoms with E-state index in [0.29, 0.717) is 5.92 Å². The van der Waals surface area contributed by atoms with Gasteiger partial charge < -0.3 is 4.43 Å². The van der Waals surface area contributed by atoms with Gasteiger partial charge in [0.1, 0.15) is 0 Å². The molecule has 1 heterocycles. The lowest BCUT2D eigenvalue weighted by Gasteiger charge is -2.16. The highest BCUT2D eigenvalue weighted by Gasteiger charge is 2.09. The van der Waals surface area contributed by atoms with Gasteiger partial charge in [-0.1, -0.05) is 12.8 Å². The van der Waals surface area contributed by atoms with Gasteiger partial charge in [-0.2, -0.15) is 0 Å². The molecule has 0 spiro atoms. The monoisotopic (exact) mass is 154 g/mol. The Hall–Kier alpha value is -0.263. The van der Waals surface area contributed by atoms with Crippen molar-refractivity contribution in [3.63, 3.8) is 0 Å². The second kappa shape index (κ2) is 4.54. The minimum absolute atomic E-state index is 0.114. The van der Waals surface area contributed by atoms with Gasteiger partial charge in [0.25, 0.3) is 0 Å². The van der Waals surface area contributed by atoms with E-state index in [4.69, 9.17) is 4.43 Å². The molecule has 0 amide bonds. The fourth-order valence-electron chi connectivity index (χ4n) is 1.10. The first-order chi connectivity index (χ1) is 4.93. The van der Waals surface area contributed by atoms with E-state index in [9.17, 15) is 0 Å².